The molecule has 2 N–H and O–H groups in total. The largest absolute Gasteiger partial charge is 0.416 e. The van der Waals surface area contributed by atoms with Gasteiger partial charge in [0.1, 0.15) is 0 Å². The lowest BCUT2D eigenvalue weighted by Gasteiger charge is -2.34. The van der Waals surface area contributed by atoms with E-state index in [2.05, 4.69) is 36.6 Å². The number of carbonyl (C=O) groups is 1. The molecule has 4 nitrogen and oxygen atoms in total. The molecule has 0 bridgehead atoms. The van der Waals surface area contributed by atoms with Crippen LogP contribution >= 0.6 is 0 Å². The number of benzene rings is 2. The minimum Gasteiger partial charge on any atom is -0.381 e. The highest BCUT2D eigenvalue weighted by Gasteiger charge is 2.37. The fraction of sp³-hybridized carbons (Fsp3) is 0.594. The van der Waals surface area contributed by atoms with E-state index in [1.54, 1.807) is 0 Å². The molecule has 1 heterocycles. The van der Waals surface area contributed by atoms with E-state index in [4.69, 9.17) is 4.74 Å². The van der Waals surface area contributed by atoms with Crippen LogP contribution in [-0.2, 0) is 34.8 Å². The van der Waals surface area contributed by atoms with Crippen LogP contribution in [0.4, 0.5) is 26.3 Å². The monoisotopic (exact) mass is 602 g/mol. The number of nitrogens with one attached hydrogen (secondary N) is 2. The molecule has 2 aromatic rings. The number of carbonyl (C=O) groups excluding carboxylic acids is 1. The van der Waals surface area contributed by atoms with Crippen molar-refractivity contribution in [1.82, 2.24) is 10.6 Å². The fourth-order valence-corrected chi connectivity index (χ4v) is 5.26. The minimum absolute atomic E-state index is 0.0833. The zero-order chi connectivity index (χ0) is 31.3. The Kier molecular flexibility index (Phi) is 14.3. The first-order valence-corrected chi connectivity index (χ1v) is 14.8. The van der Waals surface area contributed by atoms with Crippen molar-refractivity contribution in [3.8, 4) is 0 Å². The Hall–Kier alpha value is -2.59. The van der Waals surface area contributed by atoms with Crippen molar-refractivity contribution in [2.24, 2.45) is 11.8 Å². The van der Waals surface area contributed by atoms with Gasteiger partial charge in [-0.25, -0.2) is 0 Å². The second kappa shape index (κ2) is 16.9. The van der Waals surface area contributed by atoms with Gasteiger partial charge in [0.2, 0.25) is 5.91 Å². The molecule has 1 aliphatic heterocycles. The van der Waals surface area contributed by atoms with Gasteiger partial charge in [0.15, 0.2) is 0 Å². The highest BCUT2D eigenvalue weighted by atomic mass is 19.4. The SMILES string of the molecule is CC.CCC.O=C(NCc1cc(C(F)(F)F)cc(C(F)(F)F)c1)[C@H]1CCC(NC2CCOCC2Cc2ccccc2)C1. The second-order valence-corrected chi connectivity index (χ2v) is 10.6. The molecule has 2 aromatic carbocycles. The lowest BCUT2D eigenvalue weighted by atomic mass is 9.88. The molecule has 0 radical (unpaired) electrons. The molecule has 1 amide bonds. The number of rotatable bonds is 7. The summed E-state index contributed by atoms with van der Waals surface area (Å²) in [5.41, 5.74) is -1.79. The molecule has 4 rings (SSSR count). The highest BCUT2D eigenvalue weighted by Crippen LogP contribution is 2.36. The first-order valence-electron chi connectivity index (χ1n) is 14.8. The lowest BCUT2D eigenvalue weighted by Crippen LogP contribution is -2.47. The number of ether oxygens (including phenoxy) is 1. The van der Waals surface area contributed by atoms with Gasteiger partial charge in [-0.3, -0.25) is 4.79 Å². The van der Waals surface area contributed by atoms with Crippen molar-refractivity contribution >= 4 is 5.91 Å². The van der Waals surface area contributed by atoms with Crippen molar-refractivity contribution in [3.63, 3.8) is 0 Å². The average molecular weight is 603 g/mol. The van der Waals surface area contributed by atoms with E-state index >= 15 is 0 Å². The van der Waals surface area contributed by atoms with Crippen molar-refractivity contribution in [1.29, 1.82) is 0 Å². The van der Waals surface area contributed by atoms with Gasteiger partial charge in [-0.05, 0) is 61.4 Å². The van der Waals surface area contributed by atoms with Crippen LogP contribution in [0.2, 0.25) is 0 Å². The van der Waals surface area contributed by atoms with Gasteiger partial charge in [0.05, 0.1) is 17.7 Å². The van der Waals surface area contributed by atoms with Crippen LogP contribution in [-0.4, -0.2) is 31.2 Å². The molecule has 2 fully saturated rings. The minimum atomic E-state index is -4.92. The number of alkyl halides is 6. The summed E-state index contributed by atoms with van der Waals surface area (Å²) in [6, 6.07) is 11.9. The van der Waals surface area contributed by atoms with Crippen LogP contribution in [0.1, 0.15) is 82.1 Å². The molecular formula is C32H44F6N2O2. The van der Waals surface area contributed by atoms with Crippen molar-refractivity contribution in [2.45, 2.75) is 97.2 Å². The summed E-state index contributed by atoms with van der Waals surface area (Å²) >= 11 is 0. The molecule has 236 valence electrons. The number of hydrogen-bond acceptors (Lipinski definition) is 3. The molecule has 10 heteroatoms. The summed E-state index contributed by atoms with van der Waals surface area (Å²) in [5.74, 6) is -0.409. The Balaban J connectivity index is 0.00000116. The van der Waals surface area contributed by atoms with E-state index in [1.165, 1.54) is 12.0 Å². The van der Waals surface area contributed by atoms with Gasteiger partial charge < -0.3 is 15.4 Å². The maximum Gasteiger partial charge on any atom is 0.416 e. The van der Waals surface area contributed by atoms with E-state index in [0.717, 1.165) is 19.3 Å². The summed E-state index contributed by atoms with van der Waals surface area (Å²) in [6.45, 7) is 9.16. The highest BCUT2D eigenvalue weighted by molar-refractivity contribution is 5.79. The van der Waals surface area contributed by atoms with Crippen molar-refractivity contribution < 1.29 is 35.9 Å². The number of amides is 1. The molecule has 42 heavy (non-hydrogen) atoms. The average Bonchev–Trinajstić information content (AvgIpc) is 3.42. The topological polar surface area (TPSA) is 50.4 Å². The van der Waals surface area contributed by atoms with Crippen LogP contribution in [0.3, 0.4) is 0 Å². The fourth-order valence-electron chi connectivity index (χ4n) is 5.26. The van der Waals surface area contributed by atoms with Crippen LogP contribution in [0.5, 0.6) is 0 Å². The molecule has 4 atom stereocenters. The van der Waals surface area contributed by atoms with Crippen LogP contribution in [0, 0.1) is 11.8 Å². The van der Waals surface area contributed by atoms with Gasteiger partial charge in [-0.15, -0.1) is 0 Å². The van der Waals surface area contributed by atoms with E-state index in [9.17, 15) is 31.1 Å². The van der Waals surface area contributed by atoms with Crippen LogP contribution < -0.4 is 10.6 Å². The predicted molar refractivity (Wildman–Crippen MR) is 153 cm³/mol. The third kappa shape index (κ3) is 11.2. The van der Waals surface area contributed by atoms with Gasteiger partial charge in [0.25, 0.3) is 0 Å². The summed E-state index contributed by atoms with van der Waals surface area (Å²) in [5, 5.41) is 6.23. The van der Waals surface area contributed by atoms with Crippen molar-refractivity contribution in [2.75, 3.05) is 13.2 Å². The Morgan fingerprint density at radius 2 is 1.48 bits per heavy atom. The van der Waals surface area contributed by atoms with Crippen LogP contribution in [0.25, 0.3) is 0 Å². The smallest absolute Gasteiger partial charge is 0.381 e. The summed E-state index contributed by atoms with van der Waals surface area (Å²) in [6.07, 6.45) is -4.91. The Morgan fingerprint density at radius 1 is 0.881 bits per heavy atom. The third-order valence-corrected chi connectivity index (χ3v) is 7.18. The molecule has 1 saturated carbocycles. The Bertz CT molecular complexity index is 1040. The zero-order valence-corrected chi connectivity index (χ0v) is 24.9. The first-order chi connectivity index (χ1) is 19.9. The van der Waals surface area contributed by atoms with Gasteiger partial charge in [-0.2, -0.15) is 26.3 Å². The summed E-state index contributed by atoms with van der Waals surface area (Å²) < 4.78 is 84.3. The van der Waals surface area contributed by atoms with E-state index in [0.29, 0.717) is 44.1 Å². The maximum absolute atomic E-state index is 13.1. The molecule has 0 aromatic heterocycles. The summed E-state index contributed by atoms with van der Waals surface area (Å²) in [4.78, 5) is 12.7. The molecule has 1 saturated heterocycles. The Labute approximate surface area is 245 Å². The number of hydrogen-bond donors (Lipinski definition) is 2. The molecular weight excluding hydrogens is 558 g/mol. The maximum atomic E-state index is 13.1. The van der Waals surface area contributed by atoms with Crippen LogP contribution in [0.15, 0.2) is 48.5 Å². The first kappa shape index (κ1) is 35.6. The summed E-state index contributed by atoms with van der Waals surface area (Å²) in [7, 11) is 0. The molecule has 1 aliphatic carbocycles. The molecule has 0 spiro atoms. The van der Waals surface area contributed by atoms with E-state index < -0.39 is 30.0 Å². The normalized spacial score (nSPS) is 22.3. The quantitative estimate of drug-likeness (QED) is 0.314. The number of halogens is 6. The Morgan fingerprint density at radius 3 is 2.05 bits per heavy atom. The van der Waals surface area contributed by atoms with Crippen molar-refractivity contribution in [3.05, 3.63) is 70.8 Å². The molecule has 3 unspecified atom stereocenters. The second-order valence-electron chi connectivity index (χ2n) is 10.6. The van der Waals surface area contributed by atoms with E-state index in [1.807, 2.05) is 32.0 Å². The lowest BCUT2D eigenvalue weighted by molar-refractivity contribution is -0.143. The predicted octanol–water partition coefficient (Wildman–Crippen LogP) is 8.19. The standard InChI is InChI=1S/C27H30F6N2O2.C3H8.C2H6/c28-26(29,30)21-11-18(12-22(14-21)27(31,32)33)15-34-25(36)19-6-7-23(13-19)35-24-8-9-37-16-20(24)10-17-4-2-1-3-5-17;1-3-2;1-2/h1-5,11-12,14,19-20,23-24,35H,6-10,13,15-16H2,(H,34,36);3H2,1-2H3;1-2H3/t19-,20?,23?,24?;;/m0../s1. The third-order valence-electron chi connectivity index (χ3n) is 7.18. The van der Waals surface area contributed by atoms with Gasteiger partial charge >= 0.3 is 12.4 Å². The molecule has 2 aliphatic rings. The van der Waals surface area contributed by atoms with Gasteiger partial charge in [0, 0.05) is 37.1 Å². The van der Waals surface area contributed by atoms with E-state index in [-0.39, 0.29) is 35.5 Å². The zero-order valence-electron chi connectivity index (χ0n) is 24.9. The van der Waals surface area contributed by atoms with Gasteiger partial charge in [-0.1, -0.05) is 64.4 Å².